The number of piperidine rings is 1. The van der Waals surface area contributed by atoms with Gasteiger partial charge in [0.2, 0.25) is 0 Å². The van der Waals surface area contributed by atoms with Gasteiger partial charge in [-0.3, -0.25) is 9.67 Å². The molecule has 6 nitrogen and oxygen atoms in total. The van der Waals surface area contributed by atoms with Crippen molar-refractivity contribution in [3.8, 4) is 5.75 Å². The molecular formula is C19H28IN5O. The molecule has 1 N–H and O–H groups in total. The summed E-state index contributed by atoms with van der Waals surface area (Å²) in [4.78, 5) is 7.08. The number of benzene rings is 1. The number of rotatable bonds is 6. The highest BCUT2D eigenvalue weighted by Gasteiger charge is 2.22. The van der Waals surface area contributed by atoms with Gasteiger partial charge < -0.3 is 15.0 Å². The molecule has 0 amide bonds. The lowest BCUT2D eigenvalue weighted by molar-refractivity contribution is 0.129. The van der Waals surface area contributed by atoms with E-state index in [9.17, 15) is 0 Å². The van der Waals surface area contributed by atoms with E-state index in [1.165, 1.54) is 0 Å². The monoisotopic (exact) mass is 469 g/mol. The lowest BCUT2D eigenvalue weighted by atomic mass is 10.1. The summed E-state index contributed by atoms with van der Waals surface area (Å²) in [5, 5.41) is 7.62. The van der Waals surface area contributed by atoms with E-state index < -0.39 is 0 Å². The van der Waals surface area contributed by atoms with Gasteiger partial charge in [0, 0.05) is 44.9 Å². The smallest absolute Gasteiger partial charge is 0.193 e. The summed E-state index contributed by atoms with van der Waals surface area (Å²) >= 11 is 0. The molecule has 1 saturated heterocycles. The molecule has 0 atom stereocenters. The van der Waals surface area contributed by atoms with Crippen molar-refractivity contribution in [2.75, 3.05) is 26.2 Å². The number of hydrogen-bond donors (Lipinski definition) is 1. The van der Waals surface area contributed by atoms with E-state index in [0.717, 1.165) is 57.3 Å². The van der Waals surface area contributed by atoms with Crippen LogP contribution in [0.25, 0.3) is 0 Å². The molecule has 0 bridgehead atoms. The minimum Gasteiger partial charge on any atom is -0.490 e. The van der Waals surface area contributed by atoms with E-state index in [0.29, 0.717) is 0 Å². The lowest BCUT2D eigenvalue weighted by Crippen LogP contribution is -2.47. The molecule has 3 rings (SSSR count). The maximum absolute atomic E-state index is 6.07. The van der Waals surface area contributed by atoms with E-state index in [-0.39, 0.29) is 30.1 Å². The molecule has 0 radical (unpaired) electrons. The van der Waals surface area contributed by atoms with Crippen LogP contribution in [0.15, 0.2) is 53.8 Å². The molecule has 142 valence electrons. The topological polar surface area (TPSA) is 54.7 Å². The van der Waals surface area contributed by atoms with Crippen molar-refractivity contribution in [2.24, 2.45) is 4.99 Å². The van der Waals surface area contributed by atoms with Crippen LogP contribution in [0, 0.1) is 0 Å². The maximum atomic E-state index is 6.07. The van der Waals surface area contributed by atoms with Crippen LogP contribution in [0.4, 0.5) is 0 Å². The van der Waals surface area contributed by atoms with E-state index in [2.05, 4.69) is 22.2 Å². The minimum atomic E-state index is 0. The number of halogens is 1. The van der Waals surface area contributed by atoms with Crippen LogP contribution < -0.4 is 10.1 Å². The highest BCUT2D eigenvalue weighted by molar-refractivity contribution is 14.0. The second-order valence-electron chi connectivity index (χ2n) is 6.12. The van der Waals surface area contributed by atoms with Crippen molar-refractivity contribution in [1.82, 2.24) is 20.0 Å². The Balaban J connectivity index is 0.00000243. The standard InChI is InChI=1S/C19H27N5O.HI/c1-2-20-19(21-12-16-24-13-6-11-22-24)23-14-9-18(10-15-23)25-17-7-4-3-5-8-17;/h3-8,11,13,18H,2,9-10,12,14-16H2,1H3,(H,20,21);1H. The van der Waals surface area contributed by atoms with Gasteiger partial charge in [0.1, 0.15) is 11.9 Å². The van der Waals surface area contributed by atoms with Crippen molar-refractivity contribution in [1.29, 1.82) is 0 Å². The molecule has 1 aliphatic rings. The molecule has 0 aliphatic carbocycles. The first-order valence-corrected chi connectivity index (χ1v) is 9.07. The van der Waals surface area contributed by atoms with Gasteiger partial charge in [0.25, 0.3) is 0 Å². The van der Waals surface area contributed by atoms with Crippen LogP contribution in [0.2, 0.25) is 0 Å². The molecule has 0 unspecified atom stereocenters. The summed E-state index contributed by atoms with van der Waals surface area (Å²) in [5.41, 5.74) is 0. The fourth-order valence-electron chi connectivity index (χ4n) is 2.99. The Morgan fingerprint density at radius 3 is 2.65 bits per heavy atom. The first kappa shape index (κ1) is 20.5. The number of likely N-dealkylation sites (tertiary alicyclic amines) is 1. The summed E-state index contributed by atoms with van der Waals surface area (Å²) in [7, 11) is 0. The number of ether oxygens (including phenoxy) is 1. The Morgan fingerprint density at radius 2 is 2.00 bits per heavy atom. The van der Waals surface area contributed by atoms with Crippen LogP contribution in [-0.4, -0.2) is 52.9 Å². The molecule has 0 spiro atoms. The third-order valence-electron chi connectivity index (χ3n) is 4.27. The van der Waals surface area contributed by atoms with E-state index in [1.54, 1.807) is 6.20 Å². The fourth-order valence-corrected chi connectivity index (χ4v) is 2.99. The van der Waals surface area contributed by atoms with Gasteiger partial charge in [0.15, 0.2) is 5.96 Å². The predicted molar refractivity (Wildman–Crippen MR) is 115 cm³/mol. The first-order chi connectivity index (χ1) is 12.3. The molecule has 7 heteroatoms. The second kappa shape index (κ2) is 11.1. The first-order valence-electron chi connectivity index (χ1n) is 9.07. The summed E-state index contributed by atoms with van der Waals surface area (Å²) < 4.78 is 7.98. The summed E-state index contributed by atoms with van der Waals surface area (Å²) in [6, 6.07) is 12.0. The number of hydrogen-bond acceptors (Lipinski definition) is 3. The number of nitrogens with zero attached hydrogens (tertiary/aromatic N) is 4. The normalized spacial score (nSPS) is 15.4. The molecule has 0 saturated carbocycles. The largest absolute Gasteiger partial charge is 0.490 e. The Labute approximate surface area is 172 Å². The average Bonchev–Trinajstić information content (AvgIpc) is 3.16. The zero-order valence-corrected chi connectivity index (χ0v) is 17.6. The highest BCUT2D eigenvalue weighted by Crippen LogP contribution is 2.18. The number of para-hydroxylation sites is 1. The molecule has 1 fully saturated rings. The van der Waals surface area contributed by atoms with Gasteiger partial charge in [-0.25, -0.2) is 0 Å². The molecule has 2 aromatic rings. The Bertz CT molecular complexity index is 639. The van der Waals surface area contributed by atoms with Gasteiger partial charge in [-0.2, -0.15) is 5.10 Å². The molecule has 2 heterocycles. The van der Waals surface area contributed by atoms with Crippen molar-refractivity contribution in [3.63, 3.8) is 0 Å². The summed E-state index contributed by atoms with van der Waals surface area (Å²) in [6.45, 7) is 6.44. The number of nitrogens with one attached hydrogen (secondary N) is 1. The van der Waals surface area contributed by atoms with Gasteiger partial charge >= 0.3 is 0 Å². The molecule has 1 aliphatic heterocycles. The second-order valence-corrected chi connectivity index (χ2v) is 6.12. The van der Waals surface area contributed by atoms with Crippen molar-refractivity contribution >= 4 is 29.9 Å². The van der Waals surface area contributed by atoms with Gasteiger partial charge in [-0.05, 0) is 25.1 Å². The average molecular weight is 469 g/mol. The van der Waals surface area contributed by atoms with Crippen LogP contribution in [0.1, 0.15) is 19.8 Å². The number of aliphatic imine (C=N–C) groups is 1. The minimum absolute atomic E-state index is 0. The van der Waals surface area contributed by atoms with Crippen LogP contribution in [0.3, 0.4) is 0 Å². The van der Waals surface area contributed by atoms with Gasteiger partial charge in [0.05, 0.1) is 13.1 Å². The van der Waals surface area contributed by atoms with Gasteiger partial charge in [-0.15, -0.1) is 24.0 Å². The fraction of sp³-hybridized carbons (Fsp3) is 0.474. The molecule has 1 aromatic heterocycles. The van der Waals surface area contributed by atoms with Crippen molar-refractivity contribution in [3.05, 3.63) is 48.8 Å². The summed E-state index contributed by atoms with van der Waals surface area (Å²) in [5.74, 6) is 1.95. The summed E-state index contributed by atoms with van der Waals surface area (Å²) in [6.07, 6.45) is 6.07. The van der Waals surface area contributed by atoms with Crippen molar-refractivity contribution in [2.45, 2.75) is 32.4 Å². The lowest BCUT2D eigenvalue weighted by Gasteiger charge is -2.34. The third-order valence-corrected chi connectivity index (χ3v) is 4.27. The highest BCUT2D eigenvalue weighted by atomic mass is 127. The Morgan fingerprint density at radius 1 is 1.23 bits per heavy atom. The van der Waals surface area contributed by atoms with Crippen LogP contribution in [-0.2, 0) is 6.54 Å². The SMILES string of the molecule is CCNC(=NCCn1cccn1)N1CCC(Oc2ccccc2)CC1.I. The van der Waals surface area contributed by atoms with Crippen LogP contribution in [0.5, 0.6) is 5.75 Å². The molecule has 1 aromatic carbocycles. The zero-order valence-electron chi connectivity index (χ0n) is 15.3. The Kier molecular flexibility index (Phi) is 8.73. The molecule has 26 heavy (non-hydrogen) atoms. The maximum Gasteiger partial charge on any atom is 0.193 e. The van der Waals surface area contributed by atoms with Crippen molar-refractivity contribution < 1.29 is 4.74 Å². The van der Waals surface area contributed by atoms with E-state index in [4.69, 9.17) is 9.73 Å². The Hall–Kier alpha value is -1.77. The zero-order chi connectivity index (χ0) is 17.3. The van der Waals surface area contributed by atoms with E-state index in [1.807, 2.05) is 47.3 Å². The number of guanidine groups is 1. The number of aromatic nitrogens is 2. The predicted octanol–water partition coefficient (Wildman–Crippen LogP) is 3.01. The van der Waals surface area contributed by atoms with E-state index >= 15 is 0 Å². The molecular weight excluding hydrogens is 441 g/mol. The third kappa shape index (κ3) is 6.19. The quantitative estimate of drug-likeness (QED) is 0.402. The van der Waals surface area contributed by atoms with Crippen LogP contribution >= 0.6 is 24.0 Å². The van der Waals surface area contributed by atoms with Gasteiger partial charge in [-0.1, -0.05) is 18.2 Å².